The fraction of sp³-hybridized carbons (Fsp3) is 0.200. The largest absolute Gasteiger partial charge is 0.462 e. The second-order valence-corrected chi connectivity index (χ2v) is 6.91. The van der Waals surface area contributed by atoms with Crippen molar-refractivity contribution in [1.29, 1.82) is 0 Å². The molecule has 0 N–H and O–H groups in total. The molecule has 5 heteroatoms. The molecule has 0 saturated carbocycles. The predicted octanol–water partition coefficient (Wildman–Crippen LogP) is 4.41. The van der Waals surface area contributed by atoms with Crippen molar-refractivity contribution in [3.05, 3.63) is 76.0 Å². The molecule has 0 radical (unpaired) electrons. The molecule has 0 aliphatic heterocycles. The zero-order chi connectivity index (χ0) is 17.6. The van der Waals surface area contributed by atoms with Gasteiger partial charge in [-0.05, 0) is 37.6 Å². The molecule has 0 bridgehead atoms. The van der Waals surface area contributed by atoms with E-state index >= 15 is 0 Å². The molecule has 0 unspecified atom stereocenters. The highest BCUT2D eigenvalue weighted by Crippen LogP contribution is 2.24. The number of aryl methyl sites for hydroxylation is 1. The summed E-state index contributed by atoms with van der Waals surface area (Å²) in [5.74, 6) is 0.266. The Hall–Kier alpha value is -2.66. The first-order valence-electron chi connectivity index (χ1n) is 8.18. The average molecular weight is 352 g/mol. The Labute approximate surface area is 151 Å². The van der Waals surface area contributed by atoms with Crippen LogP contribution in [0.1, 0.15) is 28.1 Å². The van der Waals surface area contributed by atoms with Gasteiger partial charge in [-0.3, -0.25) is 0 Å². The second kappa shape index (κ2) is 7.94. The molecule has 2 heterocycles. The summed E-state index contributed by atoms with van der Waals surface area (Å²) in [5, 5.41) is 0. The molecule has 0 saturated heterocycles. The number of rotatable bonds is 6. The predicted molar refractivity (Wildman–Crippen MR) is 101 cm³/mol. The average Bonchev–Trinajstić information content (AvgIpc) is 3.23. The van der Waals surface area contributed by atoms with E-state index in [0.717, 1.165) is 10.4 Å². The minimum Gasteiger partial charge on any atom is -0.462 e. The molecular weight excluding hydrogens is 332 g/mol. The van der Waals surface area contributed by atoms with Crippen LogP contribution < -0.4 is 0 Å². The Kier molecular flexibility index (Phi) is 5.46. The Balaban J connectivity index is 1.98. The molecule has 1 aromatic carbocycles. The maximum absolute atomic E-state index is 12.5. The summed E-state index contributed by atoms with van der Waals surface area (Å²) in [7, 11) is 0. The minimum absolute atomic E-state index is 0.332. The lowest BCUT2D eigenvalue weighted by atomic mass is 10.2. The van der Waals surface area contributed by atoms with Crippen LogP contribution in [-0.2, 0) is 16.1 Å². The van der Waals surface area contributed by atoms with Gasteiger partial charge in [-0.15, -0.1) is 11.3 Å². The highest BCUT2D eigenvalue weighted by Gasteiger charge is 2.19. The van der Waals surface area contributed by atoms with Crippen molar-refractivity contribution in [2.75, 3.05) is 6.61 Å². The number of thiophene rings is 1. The molecule has 0 atom stereocenters. The number of hydrogen-bond donors (Lipinski definition) is 0. The van der Waals surface area contributed by atoms with Crippen molar-refractivity contribution in [2.24, 2.45) is 0 Å². The molecule has 25 heavy (non-hydrogen) atoms. The number of hydrogen-bond acceptors (Lipinski definition) is 4. The molecule has 3 rings (SSSR count). The SMILES string of the molecule is CCOC(=O)/C(=C/c1ccc(C)s1)c1nccn1Cc1ccccc1. The summed E-state index contributed by atoms with van der Waals surface area (Å²) in [5.41, 5.74) is 1.63. The molecule has 0 amide bonds. The van der Waals surface area contributed by atoms with Gasteiger partial charge in [0.25, 0.3) is 0 Å². The zero-order valence-corrected chi connectivity index (χ0v) is 15.1. The monoisotopic (exact) mass is 352 g/mol. The van der Waals surface area contributed by atoms with Gasteiger partial charge in [0.1, 0.15) is 11.4 Å². The van der Waals surface area contributed by atoms with Gasteiger partial charge in [0.05, 0.1) is 6.61 Å². The number of aromatic nitrogens is 2. The maximum atomic E-state index is 12.5. The fourth-order valence-corrected chi connectivity index (χ4v) is 3.38. The Bertz CT molecular complexity index is 878. The first kappa shape index (κ1) is 17.2. The molecule has 0 aliphatic carbocycles. The molecule has 0 fully saturated rings. The van der Waals surface area contributed by atoms with Crippen LogP contribution in [0.2, 0.25) is 0 Å². The summed E-state index contributed by atoms with van der Waals surface area (Å²) in [6, 6.07) is 14.1. The van der Waals surface area contributed by atoms with Gasteiger partial charge in [0.2, 0.25) is 0 Å². The smallest absolute Gasteiger partial charge is 0.341 e. The van der Waals surface area contributed by atoms with Crippen LogP contribution in [0, 0.1) is 6.92 Å². The van der Waals surface area contributed by atoms with E-state index in [4.69, 9.17) is 4.74 Å². The van der Waals surface area contributed by atoms with Crippen molar-refractivity contribution in [3.8, 4) is 0 Å². The van der Waals surface area contributed by atoms with E-state index in [1.165, 1.54) is 4.88 Å². The zero-order valence-electron chi connectivity index (χ0n) is 14.3. The summed E-state index contributed by atoms with van der Waals surface area (Å²) in [6.45, 7) is 4.83. The molecule has 0 aliphatic rings. The molecule has 0 spiro atoms. The van der Waals surface area contributed by atoms with E-state index in [-0.39, 0.29) is 5.97 Å². The lowest BCUT2D eigenvalue weighted by molar-refractivity contribution is -0.136. The Morgan fingerprint density at radius 2 is 2.04 bits per heavy atom. The first-order chi connectivity index (χ1) is 12.2. The van der Waals surface area contributed by atoms with E-state index in [9.17, 15) is 4.79 Å². The van der Waals surface area contributed by atoms with E-state index in [0.29, 0.717) is 24.5 Å². The van der Waals surface area contributed by atoms with E-state index in [2.05, 4.69) is 17.1 Å². The molecular formula is C20H20N2O2S. The number of benzene rings is 1. The van der Waals surface area contributed by atoms with Crippen LogP contribution in [0.25, 0.3) is 11.6 Å². The van der Waals surface area contributed by atoms with Crippen molar-refractivity contribution < 1.29 is 9.53 Å². The van der Waals surface area contributed by atoms with Crippen molar-refractivity contribution in [3.63, 3.8) is 0 Å². The number of ether oxygens (including phenoxy) is 1. The first-order valence-corrected chi connectivity index (χ1v) is 8.99. The minimum atomic E-state index is -0.353. The topological polar surface area (TPSA) is 44.1 Å². The molecule has 2 aromatic heterocycles. The number of imidazole rings is 1. The van der Waals surface area contributed by atoms with Crippen LogP contribution >= 0.6 is 11.3 Å². The van der Waals surface area contributed by atoms with Crippen LogP contribution in [-0.4, -0.2) is 22.1 Å². The standard InChI is InChI=1S/C20H20N2O2S/c1-3-24-20(23)18(13-17-10-9-15(2)25-17)19-21-11-12-22(19)14-16-7-5-4-6-8-16/h4-13H,3,14H2,1-2H3/b18-13+. The van der Waals surface area contributed by atoms with Gasteiger partial charge in [0, 0.05) is 28.7 Å². The highest BCUT2D eigenvalue weighted by molar-refractivity contribution is 7.12. The fourth-order valence-electron chi connectivity index (χ4n) is 2.56. The van der Waals surface area contributed by atoms with E-state index < -0.39 is 0 Å². The van der Waals surface area contributed by atoms with Crippen LogP contribution in [0.5, 0.6) is 0 Å². The summed E-state index contributed by atoms with van der Waals surface area (Å²) >= 11 is 1.64. The lowest BCUT2D eigenvalue weighted by Gasteiger charge is -2.10. The quantitative estimate of drug-likeness (QED) is 0.488. The van der Waals surface area contributed by atoms with Gasteiger partial charge >= 0.3 is 5.97 Å². The second-order valence-electron chi connectivity index (χ2n) is 5.59. The molecule has 4 nitrogen and oxygen atoms in total. The molecule has 128 valence electrons. The van der Waals surface area contributed by atoms with Crippen molar-refractivity contribution in [1.82, 2.24) is 9.55 Å². The third-order valence-corrected chi connectivity index (χ3v) is 4.64. The van der Waals surface area contributed by atoms with E-state index in [1.807, 2.05) is 54.1 Å². The van der Waals surface area contributed by atoms with Crippen molar-refractivity contribution >= 4 is 29.0 Å². The van der Waals surface area contributed by atoms with Crippen molar-refractivity contribution in [2.45, 2.75) is 20.4 Å². The van der Waals surface area contributed by atoms with Gasteiger partial charge < -0.3 is 9.30 Å². The van der Waals surface area contributed by atoms with E-state index in [1.54, 1.807) is 24.5 Å². The summed E-state index contributed by atoms with van der Waals surface area (Å²) < 4.78 is 7.23. The van der Waals surface area contributed by atoms with Gasteiger partial charge in [0.15, 0.2) is 0 Å². The Morgan fingerprint density at radius 3 is 2.72 bits per heavy atom. The molecule has 3 aromatic rings. The van der Waals surface area contributed by atoms with Crippen LogP contribution in [0.4, 0.5) is 0 Å². The summed E-state index contributed by atoms with van der Waals surface area (Å²) in [4.78, 5) is 19.1. The number of carbonyl (C=O) groups excluding carboxylic acids is 1. The normalized spacial score (nSPS) is 11.5. The van der Waals surface area contributed by atoms with Gasteiger partial charge in [-0.2, -0.15) is 0 Å². The third-order valence-electron chi connectivity index (χ3n) is 3.70. The number of carbonyl (C=O) groups is 1. The van der Waals surface area contributed by atoms with Crippen LogP contribution in [0.3, 0.4) is 0 Å². The lowest BCUT2D eigenvalue weighted by Crippen LogP contribution is -2.12. The Morgan fingerprint density at radius 1 is 1.24 bits per heavy atom. The maximum Gasteiger partial charge on any atom is 0.341 e. The van der Waals surface area contributed by atoms with Crippen LogP contribution in [0.15, 0.2) is 54.9 Å². The van der Waals surface area contributed by atoms with Gasteiger partial charge in [-0.25, -0.2) is 9.78 Å². The van der Waals surface area contributed by atoms with Gasteiger partial charge in [-0.1, -0.05) is 30.3 Å². The third kappa shape index (κ3) is 4.25. The number of nitrogens with zero attached hydrogens (tertiary/aromatic N) is 2. The summed E-state index contributed by atoms with van der Waals surface area (Å²) in [6.07, 6.45) is 5.46. The highest BCUT2D eigenvalue weighted by atomic mass is 32.1. The number of esters is 1.